The maximum Gasteiger partial charge on any atom is 0.328 e. The van der Waals surface area contributed by atoms with Crippen LogP contribution in [-0.4, -0.2) is 168 Å². The first-order valence-electron chi connectivity index (χ1n) is 33.3. The van der Waals surface area contributed by atoms with Crippen LogP contribution in [0.15, 0.2) is 124 Å². The number of alkyl halides is 1. The van der Waals surface area contributed by atoms with Crippen molar-refractivity contribution in [3.63, 3.8) is 0 Å². The number of halogens is 1. The van der Waals surface area contributed by atoms with Crippen LogP contribution in [0.1, 0.15) is 149 Å². The Kier molecular flexibility index (Phi) is 28.7. The Bertz CT molecular complexity index is 4080. The molecule has 0 radical (unpaired) electrons. The third kappa shape index (κ3) is 19.8. The summed E-state index contributed by atoms with van der Waals surface area (Å²) >= 11 is 0. The predicted octanol–water partition coefficient (Wildman–Crippen LogP) is 4.58. The summed E-state index contributed by atoms with van der Waals surface area (Å²) in [6.07, 6.45) is -3.53. The minimum atomic E-state index is -2.09. The molecule has 6 aromatic rings. The molecule has 0 amide bonds. The van der Waals surface area contributed by atoms with E-state index in [4.69, 9.17) is 39.4 Å². The van der Waals surface area contributed by atoms with Gasteiger partial charge in [-0.2, -0.15) is 0 Å². The van der Waals surface area contributed by atoms with Crippen LogP contribution in [0.4, 0.5) is 4.39 Å². The van der Waals surface area contributed by atoms with Crippen LogP contribution in [0.25, 0.3) is 0 Å². The molecule has 4 aliphatic heterocycles. The lowest BCUT2D eigenvalue weighted by Crippen LogP contribution is -2.47. The second-order valence-corrected chi connectivity index (χ2v) is 37.4. The number of hydrogen-bond acceptors (Lipinski definition) is 20. The molecule has 16 atom stereocenters. The molecule has 0 aliphatic carbocycles. The molecule has 8 heterocycles. The first kappa shape index (κ1) is 81.0. The Hall–Kier alpha value is -6.96. The highest BCUT2D eigenvalue weighted by molar-refractivity contribution is 6.74. The van der Waals surface area contributed by atoms with E-state index in [2.05, 4.69) is 120 Å². The van der Waals surface area contributed by atoms with E-state index in [1.165, 1.54) is 17.0 Å². The second-order valence-electron chi connectivity index (χ2n) is 27.9. The lowest BCUT2D eigenvalue weighted by Gasteiger charge is -2.40. The van der Waals surface area contributed by atoms with Gasteiger partial charge >= 0.3 is 22.8 Å². The van der Waals surface area contributed by atoms with E-state index in [0.29, 0.717) is 17.7 Å². The van der Waals surface area contributed by atoms with Gasteiger partial charge in [0.1, 0.15) is 61.0 Å². The molecule has 0 saturated carbocycles. The monoisotopic (exact) mass is 1430 g/mol. The summed E-state index contributed by atoms with van der Waals surface area (Å²) in [6, 6.07) is 18.9. The summed E-state index contributed by atoms with van der Waals surface area (Å²) in [4.78, 5) is 109. The van der Waals surface area contributed by atoms with Crippen molar-refractivity contribution in [1.82, 2.24) is 39.0 Å². The smallest absolute Gasteiger partial charge is 0.328 e. The van der Waals surface area contributed by atoms with E-state index >= 15 is 0 Å². The quantitative estimate of drug-likeness (QED) is 0.0590. The number of benzene rings is 2. The Morgan fingerprint density at radius 3 is 1.12 bits per heavy atom. The summed E-state index contributed by atoms with van der Waals surface area (Å²) < 4.78 is 54.8. The number of H-pyrrole nitrogens is 6. The summed E-state index contributed by atoms with van der Waals surface area (Å²) in [6.45, 7) is 30.1. The van der Waals surface area contributed by atoms with Gasteiger partial charge in [-0.3, -0.25) is 52.6 Å². The van der Waals surface area contributed by atoms with Gasteiger partial charge in [0.05, 0.1) is 81.5 Å². The molecule has 28 nitrogen and oxygen atoms in total. The van der Waals surface area contributed by atoms with E-state index in [1.54, 1.807) is 10.8 Å². The van der Waals surface area contributed by atoms with Crippen molar-refractivity contribution in [3.8, 4) is 0 Å². The number of aromatic amines is 6. The van der Waals surface area contributed by atoms with Gasteiger partial charge in [0.25, 0.3) is 22.2 Å². The van der Waals surface area contributed by atoms with Crippen LogP contribution >= 0.6 is 0 Å². The Morgan fingerprint density at radius 2 is 0.808 bits per heavy atom. The van der Waals surface area contributed by atoms with Crippen LogP contribution < -0.4 is 45.0 Å². The summed E-state index contributed by atoms with van der Waals surface area (Å²) in [5.74, 6) is 0.332. The molecular formula is C68H103FN8O20Si2. The highest BCUT2D eigenvalue weighted by atomic mass is 28.4. The van der Waals surface area contributed by atoms with Gasteiger partial charge in [0, 0.05) is 36.6 Å². The number of hydrogen-bond donors (Lipinski definition) is 12. The van der Waals surface area contributed by atoms with E-state index in [1.807, 2.05) is 65.6 Å². The molecule has 10 rings (SSSR count). The summed E-state index contributed by atoms with van der Waals surface area (Å²) in [5.41, 5.74) is -1.64. The van der Waals surface area contributed by atoms with Crippen molar-refractivity contribution in [1.29, 1.82) is 0 Å². The Morgan fingerprint density at radius 1 is 0.505 bits per heavy atom. The number of ether oxygens (including phenoxy) is 4. The fourth-order valence-corrected chi connectivity index (χ4v) is 14.1. The fraction of sp³-hybridized carbons (Fsp3) is 0.588. The molecule has 4 aliphatic rings. The number of nitrogens with one attached hydrogen (secondary N) is 6. The number of rotatable bonds is 16. The maximum atomic E-state index is 12.8. The molecule has 99 heavy (non-hydrogen) atoms. The van der Waals surface area contributed by atoms with Crippen LogP contribution in [0, 0.1) is 11.8 Å². The van der Waals surface area contributed by atoms with Gasteiger partial charge < -0.3 is 68.4 Å². The first-order chi connectivity index (χ1) is 46.4. The predicted molar refractivity (Wildman–Crippen MR) is 375 cm³/mol. The molecule has 2 aromatic carbocycles. The van der Waals surface area contributed by atoms with Crippen LogP contribution in [-0.2, 0) is 40.9 Å². The number of nitrogens with zero attached hydrogens (tertiary/aromatic N) is 2. The molecule has 4 fully saturated rings. The lowest BCUT2D eigenvalue weighted by molar-refractivity contribution is -0.0233. The zero-order valence-electron chi connectivity index (χ0n) is 58.9. The Labute approximate surface area is 576 Å². The summed E-state index contributed by atoms with van der Waals surface area (Å²) in [7, 11) is -5.11. The molecular weight excluding hydrogens is 1320 g/mol. The highest BCUT2D eigenvalue weighted by Gasteiger charge is 2.51. The molecule has 0 bridgehead atoms. The third-order valence-corrected chi connectivity index (χ3v) is 28.2. The minimum absolute atomic E-state index is 0. The normalized spacial score (nSPS) is 26.8. The molecule has 31 heteroatoms. The van der Waals surface area contributed by atoms with Crippen molar-refractivity contribution in [2.45, 2.75) is 224 Å². The lowest BCUT2D eigenvalue weighted by atomic mass is 9.95. The van der Waals surface area contributed by atoms with Crippen LogP contribution in [0.3, 0.4) is 0 Å². The first-order valence-corrected chi connectivity index (χ1v) is 38.4. The molecule has 550 valence electrons. The molecule has 4 unspecified atom stereocenters. The summed E-state index contributed by atoms with van der Waals surface area (Å²) in [5, 5.41) is 57.2. The van der Waals surface area contributed by atoms with E-state index in [0.717, 1.165) is 30.2 Å². The molecule has 12 N–H and O–H groups in total. The van der Waals surface area contributed by atoms with Gasteiger partial charge in [-0.15, -0.1) is 0 Å². The van der Waals surface area contributed by atoms with Gasteiger partial charge in [-0.25, -0.2) is 19.2 Å². The standard InChI is InChI=1S/C24H36N2O4Si.C17H30N2O4Si.C16H18N2O6.C9H12N2O6.CH3F.CH4/c1-8-19-16(2)20(30-31(6,7)24(3,4)5)21(29-19)18-15-26(23(28)25-22(18)27)14-17-12-10-9-11-13-17;1-8-12-10(2)13(23-24(6,7)17(3,4)5)14(22-12)11-9-18-16(21)19-15(11)20;19-8-11-12(20)13(21)14(24-11)10-7-18(16(23)17-15(10)22)6-9-4-2-1-3-5-9;12-2-4-5(13)6(14)7(17-4)3-1-10-9(16)11-8(3)15;1-2;/h9-13,15-16,19-21H,8,14H2,1-7H3,(H,25,27,28);9-10,12-14H,8H2,1-7H3,(H2,18,19,20,21);1-5,7,11-14,19-21H,6,8H2,(H,17,22,23);1,4-7,12-14H,2H2,(H2,10,11,15,16);1H3;1H4/t16?,19-,20+,21+;10?,12-,13+,14+;11-,12?,13+,14+;4-,5?,6+,7+;;/m1111../s1/i;;;;1D;. The maximum absolute atomic E-state index is 12.8. The van der Waals surface area contributed by atoms with Gasteiger partial charge in [0.2, 0.25) is 0 Å². The zero-order chi connectivity index (χ0) is 73.8. The minimum Gasteiger partial charge on any atom is -0.411 e. The molecule has 4 aromatic heterocycles. The largest absolute Gasteiger partial charge is 0.411 e. The van der Waals surface area contributed by atoms with Crippen LogP contribution in [0.5, 0.6) is 0 Å². The second kappa shape index (κ2) is 35.1. The van der Waals surface area contributed by atoms with Gasteiger partial charge in [-0.1, -0.05) is 137 Å². The number of aromatic nitrogens is 8. The average Bonchev–Trinajstić information content (AvgIpc) is 1.54. The van der Waals surface area contributed by atoms with Crippen LogP contribution in [0.2, 0.25) is 36.3 Å². The van der Waals surface area contributed by atoms with Crippen molar-refractivity contribution < 1.29 is 64.2 Å². The highest BCUT2D eigenvalue weighted by Crippen LogP contribution is 2.47. The number of aliphatic hydroxyl groups is 6. The molecule has 0 spiro atoms. The third-order valence-electron chi connectivity index (χ3n) is 19.2. The van der Waals surface area contributed by atoms with Crippen molar-refractivity contribution in [2.24, 2.45) is 11.8 Å². The molecule has 4 saturated heterocycles. The van der Waals surface area contributed by atoms with Gasteiger partial charge in [0.15, 0.2) is 16.6 Å². The van der Waals surface area contributed by atoms with E-state index in [9.17, 15) is 63.2 Å². The Balaban J connectivity index is 0.000000240. The van der Waals surface area contributed by atoms with E-state index < -0.39 is 143 Å². The SMILES string of the molecule is C.CC[C@H]1O[C@@H](c2c[nH]c(=O)[nH]c2=O)[C@@H](O[Si](C)(C)C(C)(C)C)C1C.CC[C@H]1O[C@@H](c2cn(Cc3ccccc3)c(=O)[nH]c2=O)[C@@H](O[Si](C)(C)C(C)(C)C)C1C.O=c1[nH]c(=O)n(Cc2ccccc2)cc1[C@@H]1O[C@H](CO)C(O)[C@@H]1O.O=c1[nH]cc([C@@H]2O[C@H](CO)C(O)[C@@H]2O)c(=O)[nH]1.[2H]CF. The average molecular weight is 1430 g/mol. The van der Waals surface area contributed by atoms with Crippen molar-refractivity contribution in [3.05, 3.63) is 202 Å². The fourth-order valence-electron chi connectivity index (χ4n) is 11.4. The van der Waals surface area contributed by atoms with Crippen molar-refractivity contribution in [2.75, 3.05) is 20.4 Å². The van der Waals surface area contributed by atoms with Gasteiger partial charge in [-0.05, 0) is 60.2 Å². The topological polar surface area (TPSA) is 418 Å². The number of aliphatic hydroxyl groups excluding tert-OH is 6. The zero-order valence-corrected chi connectivity index (χ0v) is 59.9. The van der Waals surface area contributed by atoms with E-state index in [-0.39, 0.29) is 71.4 Å². The van der Waals surface area contributed by atoms with Crippen molar-refractivity contribution >= 4 is 16.6 Å².